The molecule has 78 valence electrons. The summed E-state index contributed by atoms with van der Waals surface area (Å²) in [5.74, 6) is -0.358. The Labute approximate surface area is 88.7 Å². The van der Waals surface area contributed by atoms with Crippen LogP contribution in [0.4, 0.5) is 5.69 Å². The zero-order chi connectivity index (χ0) is 11.3. The van der Waals surface area contributed by atoms with Crippen LogP contribution in [-0.4, -0.2) is 12.5 Å². The molecule has 1 aromatic carbocycles. The normalized spacial score (nSPS) is 11.5. The number of carbonyl (C=O) groups is 1. The quantitative estimate of drug-likeness (QED) is 0.771. The number of hydrogen-bond acceptors (Lipinski definition) is 3. The Morgan fingerprint density at radius 2 is 2.40 bits per heavy atom. The Balaban J connectivity index is 2.73. The summed E-state index contributed by atoms with van der Waals surface area (Å²) in [5, 5.41) is 11.4. The Hall–Kier alpha value is -1.86. The minimum Gasteiger partial charge on any atom is -0.330 e. The number of rotatable bonds is 3. The van der Waals surface area contributed by atoms with Crippen molar-refractivity contribution in [2.45, 2.75) is 6.92 Å². The Morgan fingerprint density at radius 3 is 3.00 bits per heavy atom. The molecule has 1 amide bonds. The highest BCUT2D eigenvalue weighted by molar-refractivity contribution is 5.92. The van der Waals surface area contributed by atoms with Crippen molar-refractivity contribution in [1.82, 2.24) is 0 Å². The first kappa shape index (κ1) is 11.2. The largest absolute Gasteiger partial charge is 0.330 e. The van der Waals surface area contributed by atoms with E-state index in [-0.39, 0.29) is 11.8 Å². The molecule has 0 aliphatic rings. The molecule has 15 heavy (non-hydrogen) atoms. The maximum Gasteiger partial charge on any atom is 0.228 e. The first-order valence-corrected chi connectivity index (χ1v) is 4.68. The van der Waals surface area contributed by atoms with Gasteiger partial charge in [-0.25, -0.2) is 0 Å². The predicted octanol–water partition coefficient (Wildman–Crippen LogP) is 1.09. The number of carbonyl (C=O) groups excluding carboxylic acids is 1. The SMILES string of the molecule is CC(CN)C(=O)Nc1cccc(C#N)c1. The summed E-state index contributed by atoms with van der Waals surface area (Å²) < 4.78 is 0. The number of benzene rings is 1. The van der Waals surface area contributed by atoms with Gasteiger partial charge < -0.3 is 11.1 Å². The second kappa shape index (κ2) is 5.13. The van der Waals surface area contributed by atoms with E-state index in [4.69, 9.17) is 11.0 Å². The van der Waals surface area contributed by atoms with E-state index in [0.717, 1.165) is 0 Å². The molecule has 3 N–H and O–H groups in total. The summed E-state index contributed by atoms with van der Waals surface area (Å²) in [4.78, 5) is 11.5. The van der Waals surface area contributed by atoms with Gasteiger partial charge in [-0.1, -0.05) is 13.0 Å². The van der Waals surface area contributed by atoms with Gasteiger partial charge in [0.15, 0.2) is 0 Å². The lowest BCUT2D eigenvalue weighted by Crippen LogP contribution is -2.26. The number of nitrogens with one attached hydrogen (secondary N) is 1. The number of anilines is 1. The number of hydrogen-bond donors (Lipinski definition) is 2. The third-order valence-corrected chi connectivity index (χ3v) is 2.06. The Kier molecular flexibility index (Phi) is 3.83. The van der Waals surface area contributed by atoms with Gasteiger partial charge in [0.05, 0.1) is 11.6 Å². The lowest BCUT2D eigenvalue weighted by molar-refractivity contribution is -0.119. The van der Waals surface area contributed by atoms with Gasteiger partial charge in [0.2, 0.25) is 5.91 Å². The van der Waals surface area contributed by atoms with Crippen molar-refractivity contribution in [3.63, 3.8) is 0 Å². The van der Waals surface area contributed by atoms with Crippen LogP contribution in [0, 0.1) is 17.2 Å². The number of nitriles is 1. The average molecular weight is 203 g/mol. The van der Waals surface area contributed by atoms with Gasteiger partial charge >= 0.3 is 0 Å². The molecular weight excluding hydrogens is 190 g/mol. The first-order chi connectivity index (χ1) is 7.17. The third kappa shape index (κ3) is 3.08. The van der Waals surface area contributed by atoms with Crippen LogP contribution < -0.4 is 11.1 Å². The summed E-state index contributed by atoms with van der Waals surface area (Å²) in [5.41, 5.74) is 6.52. The van der Waals surface area contributed by atoms with Gasteiger partial charge in [0, 0.05) is 18.2 Å². The molecular formula is C11H13N3O. The van der Waals surface area contributed by atoms with Crippen LogP contribution >= 0.6 is 0 Å². The van der Waals surface area contributed by atoms with Gasteiger partial charge in [-0.3, -0.25) is 4.79 Å². The number of nitrogens with zero attached hydrogens (tertiary/aromatic N) is 1. The molecule has 0 bridgehead atoms. The summed E-state index contributed by atoms with van der Waals surface area (Å²) in [7, 11) is 0. The highest BCUT2D eigenvalue weighted by atomic mass is 16.1. The van der Waals surface area contributed by atoms with Crippen molar-refractivity contribution < 1.29 is 4.79 Å². The highest BCUT2D eigenvalue weighted by Crippen LogP contribution is 2.10. The van der Waals surface area contributed by atoms with E-state index < -0.39 is 0 Å². The lowest BCUT2D eigenvalue weighted by atomic mass is 10.1. The van der Waals surface area contributed by atoms with E-state index in [1.165, 1.54) is 0 Å². The molecule has 0 spiro atoms. The van der Waals surface area contributed by atoms with Crippen LogP contribution in [0.3, 0.4) is 0 Å². The zero-order valence-electron chi connectivity index (χ0n) is 8.53. The van der Waals surface area contributed by atoms with E-state index in [2.05, 4.69) is 5.32 Å². The minimum atomic E-state index is -0.226. The number of nitrogens with two attached hydrogens (primary N) is 1. The molecule has 4 heteroatoms. The minimum absolute atomic E-state index is 0.132. The fourth-order valence-corrected chi connectivity index (χ4v) is 1.04. The summed E-state index contributed by atoms with van der Waals surface area (Å²) in [6.07, 6.45) is 0. The molecule has 0 aliphatic heterocycles. The van der Waals surface area contributed by atoms with Gasteiger partial charge in [0.1, 0.15) is 0 Å². The second-order valence-electron chi connectivity index (χ2n) is 3.32. The topological polar surface area (TPSA) is 78.9 Å². The fourth-order valence-electron chi connectivity index (χ4n) is 1.04. The molecule has 0 saturated heterocycles. The average Bonchev–Trinajstić information content (AvgIpc) is 2.28. The Morgan fingerprint density at radius 1 is 1.67 bits per heavy atom. The summed E-state index contributed by atoms with van der Waals surface area (Å²) in [6, 6.07) is 8.78. The van der Waals surface area contributed by atoms with E-state index >= 15 is 0 Å². The van der Waals surface area contributed by atoms with Crippen molar-refractivity contribution in [2.24, 2.45) is 11.7 Å². The third-order valence-electron chi connectivity index (χ3n) is 2.06. The van der Waals surface area contributed by atoms with Gasteiger partial charge in [-0.15, -0.1) is 0 Å². The molecule has 0 radical (unpaired) electrons. The molecule has 0 fully saturated rings. The molecule has 1 rings (SSSR count). The van der Waals surface area contributed by atoms with Gasteiger partial charge in [-0.05, 0) is 18.2 Å². The zero-order valence-corrected chi connectivity index (χ0v) is 8.53. The standard InChI is InChI=1S/C11H13N3O/c1-8(6-12)11(15)14-10-4-2-3-9(5-10)7-13/h2-5,8H,6,12H2,1H3,(H,14,15). The van der Waals surface area contributed by atoms with E-state index in [1.807, 2.05) is 6.07 Å². The van der Waals surface area contributed by atoms with E-state index in [1.54, 1.807) is 31.2 Å². The van der Waals surface area contributed by atoms with Crippen LogP contribution in [0.1, 0.15) is 12.5 Å². The van der Waals surface area contributed by atoms with Crippen LogP contribution in [0.2, 0.25) is 0 Å². The van der Waals surface area contributed by atoms with Gasteiger partial charge in [0.25, 0.3) is 0 Å². The van der Waals surface area contributed by atoms with Crippen molar-refractivity contribution >= 4 is 11.6 Å². The van der Waals surface area contributed by atoms with Gasteiger partial charge in [-0.2, -0.15) is 5.26 Å². The van der Waals surface area contributed by atoms with Crippen molar-refractivity contribution in [2.75, 3.05) is 11.9 Å². The van der Waals surface area contributed by atoms with Crippen LogP contribution in [0.15, 0.2) is 24.3 Å². The van der Waals surface area contributed by atoms with Crippen LogP contribution in [-0.2, 0) is 4.79 Å². The molecule has 1 atom stereocenters. The van der Waals surface area contributed by atoms with E-state index in [9.17, 15) is 4.79 Å². The molecule has 4 nitrogen and oxygen atoms in total. The molecule has 1 aromatic rings. The summed E-state index contributed by atoms with van der Waals surface area (Å²) >= 11 is 0. The predicted molar refractivity (Wildman–Crippen MR) is 58.0 cm³/mol. The second-order valence-corrected chi connectivity index (χ2v) is 3.32. The molecule has 0 saturated carbocycles. The van der Waals surface area contributed by atoms with Crippen LogP contribution in [0.5, 0.6) is 0 Å². The number of amides is 1. The molecule has 1 unspecified atom stereocenters. The van der Waals surface area contributed by atoms with Crippen LogP contribution in [0.25, 0.3) is 0 Å². The van der Waals surface area contributed by atoms with Crippen molar-refractivity contribution in [3.05, 3.63) is 29.8 Å². The Bertz CT molecular complexity index is 395. The van der Waals surface area contributed by atoms with Crippen molar-refractivity contribution in [3.8, 4) is 6.07 Å². The maximum absolute atomic E-state index is 11.5. The fraction of sp³-hybridized carbons (Fsp3) is 0.273. The molecule has 0 aliphatic carbocycles. The van der Waals surface area contributed by atoms with Crippen molar-refractivity contribution in [1.29, 1.82) is 5.26 Å². The first-order valence-electron chi connectivity index (χ1n) is 4.68. The lowest BCUT2D eigenvalue weighted by Gasteiger charge is -2.09. The molecule has 0 heterocycles. The van der Waals surface area contributed by atoms with E-state index in [0.29, 0.717) is 17.8 Å². The monoisotopic (exact) mass is 203 g/mol. The summed E-state index contributed by atoms with van der Waals surface area (Å²) in [6.45, 7) is 2.06. The maximum atomic E-state index is 11.5. The highest BCUT2D eigenvalue weighted by Gasteiger charge is 2.10. The smallest absolute Gasteiger partial charge is 0.228 e. The molecule has 0 aromatic heterocycles.